The minimum Gasteiger partial charge on any atom is -0.490 e. The number of nitrogens with two attached hydrogens (primary N) is 2. The molecule has 1 aliphatic heterocycles. The molecule has 276 valence electrons. The van der Waals surface area contributed by atoms with E-state index in [4.69, 9.17) is 30.9 Å². The number of hydrogen-bond donors (Lipinski definition) is 3. The lowest BCUT2D eigenvalue weighted by molar-refractivity contribution is -0.144. The van der Waals surface area contributed by atoms with Crippen LogP contribution in [0.1, 0.15) is 60.9 Å². The summed E-state index contributed by atoms with van der Waals surface area (Å²) in [4.78, 5) is 36.1. The molecule has 1 amide bonds. The first-order chi connectivity index (χ1) is 25.8. The zero-order valence-electron chi connectivity index (χ0n) is 29.8. The summed E-state index contributed by atoms with van der Waals surface area (Å²) in [5, 5.41) is 27.1. The molecule has 53 heavy (non-hydrogen) atoms. The number of thiazole rings is 1. The molecule has 0 saturated carbocycles. The second kappa shape index (κ2) is 19.7. The Morgan fingerprint density at radius 1 is 1.00 bits per heavy atom. The van der Waals surface area contributed by atoms with Gasteiger partial charge in [-0.3, -0.25) is 9.59 Å². The number of aromatic nitrogens is 2. The molecule has 2 aromatic carbocycles. The Balaban J connectivity index is 1.22. The number of carbonyl (C=O) groups excluding carboxylic acids is 2. The highest BCUT2D eigenvalue weighted by Gasteiger charge is 2.26. The molecule has 2 aromatic heterocycles. The van der Waals surface area contributed by atoms with E-state index in [0.29, 0.717) is 57.6 Å². The van der Waals surface area contributed by atoms with Crippen LogP contribution in [-0.4, -0.2) is 67.3 Å². The Bertz CT molecular complexity index is 1930. The molecule has 0 bridgehead atoms. The molecule has 1 aliphatic rings. The fourth-order valence-electron chi connectivity index (χ4n) is 5.82. The fourth-order valence-corrected chi connectivity index (χ4v) is 7.63. The molecule has 1 saturated heterocycles. The minimum absolute atomic E-state index is 0.0161. The Morgan fingerprint density at radius 2 is 1.72 bits per heavy atom. The first-order valence-electron chi connectivity index (χ1n) is 17.7. The van der Waals surface area contributed by atoms with Crippen molar-refractivity contribution in [1.82, 2.24) is 15.3 Å². The predicted molar refractivity (Wildman–Crippen MR) is 207 cm³/mol. The van der Waals surface area contributed by atoms with Gasteiger partial charge in [-0.1, -0.05) is 60.1 Å². The largest absolute Gasteiger partial charge is 0.490 e. The average molecular weight is 753 g/mol. The third kappa shape index (κ3) is 10.8. The smallest absolute Gasteiger partial charge is 0.307 e. The monoisotopic (exact) mass is 752 g/mol. The van der Waals surface area contributed by atoms with Crippen LogP contribution in [0.5, 0.6) is 5.75 Å². The van der Waals surface area contributed by atoms with Crippen LogP contribution in [0.15, 0.2) is 58.9 Å². The van der Waals surface area contributed by atoms with Gasteiger partial charge in [0.2, 0.25) is 5.91 Å². The van der Waals surface area contributed by atoms with Crippen molar-refractivity contribution in [2.75, 3.05) is 44.3 Å². The van der Waals surface area contributed by atoms with Crippen molar-refractivity contribution in [2.24, 2.45) is 11.5 Å². The zero-order valence-corrected chi connectivity index (χ0v) is 31.4. The van der Waals surface area contributed by atoms with E-state index >= 15 is 0 Å². The van der Waals surface area contributed by atoms with Gasteiger partial charge >= 0.3 is 5.97 Å². The summed E-state index contributed by atoms with van der Waals surface area (Å²) >= 11 is 3.03. The minimum atomic E-state index is -0.630. The van der Waals surface area contributed by atoms with Gasteiger partial charge in [0.1, 0.15) is 52.5 Å². The normalized spacial score (nSPS) is 12.9. The summed E-state index contributed by atoms with van der Waals surface area (Å²) in [6.07, 6.45) is 4.15. The Morgan fingerprint density at radius 3 is 2.42 bits per heavy atom. The first-order valence-corrected chi connectivity index (χ1v) is 19.6. The van der Waals surface area contributed by atoms with Crippen molar-refractivity contribution in [3.8, 4) is 39.6 Å². The number of unbranched alkanes of at least 4 members (excludes halogenated alkanes) is 1. The average Bonchev–Trinajstić information content (AvgIpc) is 3.89. The maximum Gasteiger partial charge on any atom is 0.307 e. The van der Waals surface area contributed by atoms with Crippen LogP contribution in [-0.2, 0) is 20.1 Å². The number of aryl methyl sites for hydroxylation is 1. The number of thioether (sulfide) groups is 1. The molecule has 0 aliphatic carbocycles. The number of carbonyl (C=O) groups is 2. The Hall–Kier alpha value is -4.99. The van der Waals surface area contributed by atoms with E-state index < -0.39 is 12.0 Å². The van der Waals surface area contributed by atoms with Crippen LogP contribution < -0.4 is 26.4 Å². The predicted octanol–water partition coefficient (Wildman–Crippen LogP) is 5.70. The number of benzene rings is 2. The molecular weight excluding hydrogens is 709 g/mol. The lowest BCUT2D eigenvalue weighted by Gasteiger charge is -2.22. The van der Waals surface area contributed by atoms with Gasteiger partial charge in [0, 0.05) is 41.9 Å². The number of pyridine rings is 1. The number of nitrogens with one attached hydrogen (secondary N) is 1. The molecule has 14 heteroatoms. The second-order valence-electron chi connectivity index (χ2n) is 12.6. The summed E-state index contributed by atoms with van der Waals surface area (Å²) < 4.78 is 11.1. The van der Waals surface area contributed by atoms with Gasteiger partial charge in [-0.15, -0.1) is 11.3 Å². The number of anilines is 1. The van der Waals surface area contributed by atoms with Crippen molar-refractivity contribution in [2.45, 2.75) is 62.3 Å². The van der Waals surface area contributed by atoms with Crippen molar-refractivity contribution in [1.29, 1.82) is 10.5 Å². The van der Waals surface area contributed by atoms with Gasteiger partial charge in [0.05, 0.1) is 23.7 Å². The summed E-state index contributed by atoms with van der Waals surface area (Å²) in [5.41, 5.74) is 16.4. The molecular formula is C39H44N8O4S2. The second-order valence-corrected chi connectivity index (χ2v) is 14.4. The number of ether oxygens (including phenoxy) is 2. The molecule has 1 atom stereocenters. The molecule has 0 spiro atoms. The van der Waals surface area contributed by atoms with Gasteiger partial charge in [-0.25, -0.2) is 9.97 Å². The standard InChI is InChI=1S/C39H44N8O4S2/c1-26-7-9-28(10-8-26)38-45-29(24-52-38)25-53-39-32(23-42)35(31(22-41)36(46-39)47-18-4-5-19-47)27-11-13-30(14-12-27)50-20-21-51-34(48)15-17-44-37(49)33(43)6-2-3-16-40/h7-14,24,33H,2-6,15-21,25,40,43H2,1H3,(H,44,49)/t33-/m0/s1. The molecule has 5 N–H and O–H groups in total. The highest BCUT2D eigenvalue weighted by atomic mass is 32.2. The molecule has 4 aromatic rings. The Kier molecular flexibility index (Phi) is 14.6. The van der Waals surface area contributed by atoms with Crippen molar-refractivity contribution in [3.63, 3.8) is 0 Å². The van der Waals surface area contributed by atoms with Gasteiger partial charge in [-0.05, 0) is 56.8 Å². The lowest BCUT2D eigenvalue weighted by Crippen LogP contribution is -2.41. The number of nitriles is 2. The quantitative estimate of drug-likeness (QED) is 0.0639. The summed E-state index contributed by atoms with van der Waals surface area (Å²) in [6, 6.07) is 19.5. The summed E-state index contributed by atoms with van der Waals surface area (Å²) in [7, 11) is 0. The molecule has 1 fully saturated rings. The molecule has 12 nitrogen and oxygen atoms in total. The van der Waals surface area contributed by atoms with E-state index in [1.54, 1.807) is 23.5 Å². The number of rotatable bonds is 18. The van der Waals surface area contributed by atoms with Crippen LogP contribution in [0.2, 0.25) is 0 Å². The maximum absolute atomic E-state index is 12.1. The van der Waals surface area contributed by atoms with E-state index in [9.17, 15) is 20.1 Å². The van der Waals surface area contributed by atoms with Crippen molar-refractivity contribution in [3.05, 3.63) is 76.3 Å². The zero-order chi connectivity index (χ0) is 37.6. The van der Waals surface area contributed by atoms with E-state index in [2.05, 4.69) is 53.5 Å². The molecule has 0 radical (unpaired) electrons. The van der Waals surface area contributed by atoms with E-state index in [1.165, 1.54) is 17.3 Å². The highest BCUT2D eigenvalue weighted by Crippen LogP contribution is 2.40. The topological polar surface area (TPSA) is 193 Å². The summed E-state index contributed by atoms with van der Waals surface area (Å²) in [5.74, 6) is 0.879. The van der Waals surface area contributed by atoms with Crippen LogP contribution in [0, 0.1) is 29.6 Å². The first kappa shape index (κ1) is 39.2. The SMILES string of the molecule is Cc1ccc(-c2nc(CSc3nc(N4CCCC4)c(C#N)c(-c4ccc(OCCOC(=O)CCNC(=O)[C@@H](N)CCCCN)cc4)c3C#N)cs2)cc1. The highest BCUT2D eigenvalue weighted by molar-refractivity contribution is 7.98. The van der Waals surface area contributed by atoms with Crippen molar-refractivity contribution < 1.29 is 19.1 Å². The molecule has 3 heterocycles. The number of amides is 1. The van der Waals surface area contributed by atoms with Crippen LogP contribution in [0.3, 0.4) is 0 Å². The third-order valence-corrected chi connectivity index (χ3v) is 10.6. The van der Waals surface area contributed by atoms with Gasteiger partial charge in [-0.2, -0.15) is 10.5 Å². The van der Waals surface area contributed by atoms with Crippen molar-refractivity contribution >= 4 is 40.8 Å². The third-order valence-electron chi connectivity index (χ3n) is 8.67. The van der Waals surface area contributed by atoms with Crippen LogP contribution in [0.25, 0.3) is 21.7 Å². The summed E-state index contributed by atoms with van der Waals surface area (Å²) in [6.45, 7) is 4.47. The number of esters is 1. The Labute approximate surface area is 318 Å². The van der Waals surface area contributed by atoms with E-state index in [-0.39, 0.29) is 32.1 Å². The van der Waals surface area contributed by atoms with Gasteiger partial charge < -0.3 is 31.2 Å². The van der Waals surface area contributed by atoms with Crippen LogP contribution >= 0.6 is 23.1 Å². The van der Waals surface area contributed by atoms with E-state index in [0.717, 1.165) is 55.0 Å². The maximum atomic E-state index is 12.1. The molecule has 5 rings (SSSR count). The molecule has 0 unspecified atom stereocenters. The lowest BCUT2D eigenvalue weighted by atomic mass is 9.96. The van der Waals surface area contributed by atoms with Gasteiger partial charge in [0.15, 0.2) is 0 Å². The van der Waals surface area contributed by atoms with Crippen LogP contribution in [0.4, 0.5) is 5.82 Å². The number of hydrogen-bond acceptors (Lipinski definition) is 13. The van der Waals surface area contributed by atoms with Gasteiger partial charge in [0.25, 0.3) is 0 Å². The fraction of sp³-hybridized carbons (Fsp3) is 0.385. The van der Waals surface area contributed by atoms with E-state index in [1.807, 2.05) is 17.5 Å². The number of nitrogens with zero attached hydrogens (tertiary/aromatic N) is 5.